The lowest BCUT2D eigenvalue weighted by Crippen LogP contribution is -2.19. The third-order valence-corrected chi connectivity index (χ3v) is 4.04. The van der Waals surface area contributed by atoms with Crippen LogP contribution in [0.5, 0.6) is 0 Å². The lowest BCUT2D eigenvalue weighted by molar-refractivity contribution is 0.101. The molecule has 0 fully saturated rings. The van der Waals surface area contributed by atoms with E-state index in [4.69, 9.17) is 0 Å². The molecule has 0 heterocycles. The van der Waals surface area contributed by atoms with Gasteiger partial charge in [0.15, 0.2) is 5.78 Å². The molecule has 2 rings (SSSR count). The highest BCUT2D eigenvalue weighted by Crippen LogP contribution is 2.26. The Labute approximate surface area is 136 Å². The van der Waals surface area contributed by atoms with Gasteiger partial charge in [-0.25, -0.2) is 0 Å². The van der Waals surface area contributed by atoms with Gasteiger partial charge in [-0.3, -0.25) is 4.79 Å². The van der Waals surface area contributed by atoms with Crippen LogP contribution in [0.1, 0.15) is 22.8 Å². The predicted molar refractivity (Wildman–Crippen MR) is 90.4 cm³/mol. The van der Waals surface area contributed by atoms with Crippen molar-refractivity contribution in [2.75, 3.05) is 11.9 Å². The number of halogens is 2. The van der Waals surface area contributed by atoms with Crippen molar-refractivity contribution >= 4 is 43.3 Å². The molecular formula is C16H15Br2NO. The molecule has 0 bridgehead atoms. The molecule has 2 nitrogen and oxygen atoms in total. The summed E-state index contributed by atoms with van der Waals surface area (Å²) in [5.74, 6) is 0.0717. The van der Waals surface area contributed by atoms with E-state index in [1.165, 1.54) is 5.56 Å². The summed E-state index contributed by atoms with van der Waals surface area (Å²) in [4.78, 5) is 13.9. The van der Waals surface area contributed by atoms with E-state index in [0.717, 1.165) is 26.7 Å². The Morgan fingerprint density at radius 1 is 1.10 bits per heavy atom. The summed E-state index contributed by atoms with van der Waals surface area (Å²) in [6, 6.07) is 14.0. The molecule has 0 aromatic heterocycles. The van der Waals surface area contributed by atoms with Gasteiger partial charge in [-0.15, -0.1) is 0 Å². The average molecular weight is 397 g/mol. The molecule has 0 aliphatic heterocycles. The molecule has 2 aromatic rings. The molecule has 0 aliphatic carbocycles. The zero-order chi connectivity index (χ0) is 14.7. The molecule has 0 saturated heterocycles. The van der Waals surface area contributed by atoms with Crippen molar-refractivity contribution in [3.63, 3.8) is 0 Å². The van der Waals surface area contributed by atoms with E-state index in [9.17, 15) is 4.79 Å². The predicted octanol–water partition coefficient (Wildman–Crippen LogP) is 5.05. The Bertz CT molecular complexity index is 640. The van der Waals surface area contributed by atoms with Gasteiger partial charge in [0.05, 0.1) is 0 Å². The molecule has 0 radical (unpaired) electrons. The topological polar surface area (TPSA) is 20.3 Å². The summed E-state index contributed by atoms with van der Waals surface area (Å²) in [6.07, 6.45) is 0. The monoisotopic (exact) mass is 395 g/mol. The molecule has 20 heavy (non-hydrogen) atoms. The molecule has 0 N–H and O–H groups in total. The Morgan fingerprint density at radius 2 is 1.80 bits per heavy atom. The summed E-state index contributed by atoms with van der Waals surface area (Å²) in [5, 5.41) is 0. The van der Waals surface area contributed by atoms with Crippen LogP contribution in [-0.2, 0) is 6.54 Å². The summed E-state index contributed by atoms with van der Waals surface area (Å²) >= 11 is 6.89. The normalized spacial score (nSPS) is 10.4. The van der Waals surface area contributed by atoms with Gasteiger partial charge in [0.25, 0.3) is 0 Å². The fourth-order valence-electron chi connectivity index (χ4n) is 2.12. The fraction of sp³-hybridized carbons (Fsp3) is 0.188. The SMILES string of the molecule is CC(=O)c1cc(Br)ccc1N(C)Cc1cccc(Br)c1. The largest absolute Gasteiger partial charge is 0.370 e. The maximum absolute atomic E-state index is 11.8. The first-order valence-electron chi connectivity index (χ1n) is 6.23. The summed E-state index contributed by atoms with van der Waals surface area (Å²) in [6.45, 7) is 2.35. The minimum atomic E-state index is 0.0717. The van der Waals surface area contributed by atoms with Gasteiger partial charge in [-0.2, -0.15) is 0 Å². The average Bonchev–Trinajstić information content (AvgIpc) is 2.38. The Balaban J connectivity index is 2.29. The van der Waals surface area contributed by atoms with Gasteiger partial charge in [0.1, 0.15) is 0 Å². The van der Waals surface area contributed by atoms with Crippen LogP contribution in [0.15, 0.2) is 51.4 Å². The van der Waals surface area contributed by atoms with Gasteiger partial charge in [-0.1, -0.05) is 44.0 Å². The van der Waals surface area contributed by atoms with Gasteiger partial charge in [0, 0.05) is 33.8 Å². The summed E-state index contributed by atoms with van der Waals surface area (Å²) in [7, 11) is 2.00. The van der Waals surface area contributed by atoms with Crippen molar-refractivity contribution in [3.8, 4) is 0 Å². The number of hydrogen-bond donors (Lipinski definition) is 0. The Kier molecular flexibility index (Phi) is 5.00. The third-order valence-electron chi connectivity index (χ3n) is 3.06. The van der Waals surface area contributed by atoms with E-state index in [1.807, 2.05) is 37.4 Å². The number of benzene rings is 2. The minimum Gasteiger partial charge on any atom is -0.370 e. The number of Topliss-reactive ketones (excluding diaryl/α,β-unsaturated/α-hetero) is 1. The molecule has 4 heteroatoms. The highest BCUT2D eigenvalue weighted by molar-refractivity contribution is 9.10. The maximum Gasteiger partial charge on any atom is 0.161 e. The van der Waals surface area contributed by atoms with Crippen molar-refractivity contribution in [3.05, 3.63) is 62.5 Å². The van der Waals surface area contributed by atoms with Crippen molar-refractivity contribution in [1.29, 1.82) is 0 Å². The van der Waals surface area contributed by atoms with Gasteiger partial charge < -0.3 is 4.90 Å². The van der Waals surface area contributed by atoms with Crippen LogP contribution in [-0.4, -0.2) is 12.8 Å². The number of carbonyl (C=O) groups excluding carboxylic acids is 1. The van der Waals surface area contributed by atoms with Crippen LogP contribution in [0.2, 0.25) is 0 Å². The van der Waals surface area contributed by atoms with E-state index in [1.54, 1.807) is 6.92 Å². The summed E-state index contributed by atoms with van der Waals surface area (Å²) < 4.78 is 1.98. The van der Waals surface area contributed by atoms with Crippen molar-refractivity contribution in [2.45, 2.75) is 13.5 Å². The number of carbonyl (C=O) groups is 1. The second kappa shape index (κ2) is 6.55. The van der Waals surface area contributed by atoms with E-state index in [0.29, 0.717) is 0 Å². The van der Waals surface area contributed by atoms with Gasteiger partial charge >= 0.3 is 0 Å². The lowest BCUT2D eigenvalue weighted by atomic mass is 10.1. The molecule has 0 spiro atoms. The van der Waals surface area contributed by atoms with E-state index >= 15 is 0 Å². The minimum absolute atomic E-state index is 0.0717. The fourth-order valence-corrected chi connectivity index (χ4v) is 2.93. The first-order valence-corrected chi connectivity index (χ1v) is 7.82. The Hall–Kier alpha value is -1.13. The molecule has 0 saturated carbocycles. The molecular weight excluding hydrogens is 382 g/mol. The molecule has 2 aromatic carbocycles. The zero-order valence-corrected chi connectivity index (χ0v) is 14.5. The number of ketones is 1. The third kappa shape index (κ3) is 3.70. The van der Waals surface area contributed by atoms with E-state index in [2.05, 4.69) is 48.9 Å². The lowest BCUT2D eigenvalue weighted by Gasteiger charge is -2.22. The highest BCUT2D eigenvalue weighted by Gasteiger charge is 2.12. The summed E-state index contributed by atoms with van der Waals surface area (Å²) in [5.41, 5.74) is 2.87. The van der Waals surface area contributed by atoms with Crippen LogP contribution < -0.4 is 4.90 Å². The second-order valence-corrected chi connectivity index (χ2v) is 6.53. The van der Waals surface area contributed by atoms with E-state index in [-0.39, 0.29) is 5.78 Å². The van der Waals surface area contributed by atoms with Crippen molar-refractivity contribution in [2.24, 2.45) is 0 Å². The van der Waals surface area contributed by atoms with Crippen LogP contribution in [0.3, 0.4) is 0 Å². The van der Waals surface area contributed by atoms with Crippen molar-refractivity contribution in [1.82, 2.24) is 0 Å². The van der Waals surface area contributed by atoms with Crippen LogP contribution in [0.25, 0.3) is 0 Å². The number of hydrogen-bond acceptors (Lipinski definition) is 2. The van der Waals surface area contributed by atoms with Crippen LogP contribution in [0, 0.1) is 0 Å². The van der Waals surface area contributed by atoms with Crippen LogP contribution in [0.4, 0.5) is 5.69 Å². The number of rotatable bonds is 4. The molecule has 104 valence electrons. The maximum atomic E-state index is 11.8. The first kappa shape index (κ1) is 15.3. The molecule has 0 aliphatic rings. The zero-order valence-electron chi connectivity index (χ0n) is 11.4. The molecule has 0 unspecified atom stereocenters. The van der Waals surface area contributed by atoms with Crippen LogP contribution >= 0.6 is 31.9 Å². The quantitative estimate of drug-likeness (QED) is 0.674. The highest BCUT2D eigenvalue weighted by atomic mass is 79.9. The van der Waals surface area contributed by atoms with Gasteiger partial charge in [0.2, 0.25) is 0 Å². The molecule has 0 amide bonds. The number of anilines is 1. The molecule has 0 atom stereocenters. The van der Waals surface area contributed by atoms with Crippen molar-refractivity contribution < 1.29 is 4.79 Å². The Morgan fingerprint density at radius 3 is 2.45 bits per heavy atom. The number of nitrogens with zero attached hydrogens (tertiary/aromatic N) is 1. The van der Waals surface area contributed by atoms with E-state index < -0.39 is 0 Å². The standard InChI is InChI=1S/C16H15Br2NO/c1-11(20)15-9-14(18)6-7-16(15)19(2)10-12-4-3-5-13(17)8-12/h3-9H,10H2,1-2H3. The smallest absolute Gasteiger partial charge is 0.161 e. The first-order chi connectivity index (χ1) is 9.47. The van der Waals surface area contributed by atoms with Gasteiger partial charge in [-0.05, 0) is 42.8 Å². The second-order valence-electron chi connectivity index (χ2n) is 4.70.